The average Bonchev–Trinajstić information content (AvgIpc) is 3.12. The van der Waals surface area contributed by atoms with Crippen LogP contribution in [-0.4, -0.2) is 101 Å². The third-order valence-corrected chi connectivity index (χ3v) is 7.72. The number of hydrogen-bond donors (Lipinski definition) is 5. The van der Waals surface area contributed by atoms with Gasteiger partial charge in [0, 0.05) is 32.2 Å². The molecule has 0 spiro atoms. The lowest BCUT2D eigenvalue weighted by Crippen LogP contribution is -2.76. The number of likely N-dealkylation sites (tertiary alicyclic amines) is 1. The van der Waals surface area contributed by atoms with Crippen LogP contribution in [0.15, 0.2) is 0 Å². The van der Waals surface area contributed by atoms with Gasteiger partial charge in [-0.15, -0.1) is 9.03 Å². The van der Waals surface area contributed by atoms with Gasteiger partial charge in [-0.05, 0) is 19.3 Å². The van der Waals surface area contributed by atoms with E-state index in [4.69, 9.17) is 4.74 Å². The molecule has 6 unspecified atom stereocenters. The molecule has 0 aromatic heterocycles. The Bertz CT molecular complexity index is 746. The first-order chi connectivity index (χ1) is 15.2. The van der Waals surface area contributed by atoms with Crippen LogP contribution >= 0.6 is 0 Å². The second-order valence-electron chi connectivity index (χ2n) is 8.62. The molecule has 0 aromatic carbocycles. The predicted octanol–water partition coefficient (Wildman–Crippen LogP) is -1.73. The Kier molecular flexibility index (Phi) is 8.89. The smallest absolute Gasteiger partial charge is 0.411 e. The highest BCUT2D eigenvalue weighted by molar-refractivity contribution is 7.95. The third-order valence-electron chi connectivity index (χ3n) is 5.66. The molecular weight excluding hydrogens is 491 g/mol. The van der Waals surface area contributed by atoms with Gasteiger partial charge in [0.1, 0.15) is 52.5 Å². The van der Waals surface area contributed by atoms with Crippen molar-refractivity contribution < 1.29 is 35.4 Å². The summed E-state index contributed by atoms with van der Waals surface area (Å²) >= 11 is 0. The fourth-order valence-electron chi connectivity index (χ4n) is 4.19. The fraction of sp³-hybridized carbons (Fsp3) is 1.00. The van der Waals surface area contributed by atoms with Crippen LogP contribution in [-0.2, 0) is 34.0 Å². The number of rotatable bonds is 8. The van der Waals surface area contributed by atoms with E-state index in [9.17, 15) is 30.7 Å². The summed E-state index contributed by atoms with van der Waals surface area (Å²) in [6.07, 6.45) is -2.94. The summed E-state index contributed by atoms with van der Waals surface area (Å²) in [6, 6.07) is -0.368. The number of ether oxygens (including phenoxy) is 1. The molecule has 3 saturated heterocycles. The highest BCUT2D eigenvalue weighted by atomic mass is 32.3. The van der Waals surface area contributed by atoms with Crippen LogP contribution < -0.4 is 26.0 Å². The van der Waals surface area contributed by atoms with Gasteiger partial charge >= 0.3 is 6.18 Å². The Balaban J connectivity index is 1.59. The van der Waals surface area contributed by atoms with Crippen molar-refractivity contribution in [3.05, 3.63) is 0 Å². The van der Waals surface area contributed by atoms with E-state index >= 15 is 0 Å². The standard InChI is InChI=1S/C16H32F3N7O5S2/c1-32(27,28)24-12-3-6-25(9-12)14-21-13(22-15(23-14)31-10-16(17,18)19)20-11-4-7-26(8-5-11)33(2,29)30/h11-15,20-23H,3-10H2,1-2H3,(H-2,24,27,28,29,30). The largest absolute Gasteiger partial charge is 0.598 e. The molecule has 0 saturated carbocycles. The van der Waals surface area contributed by atoms with E-state index in [1.54, 1.807) is 0 Å². The molecule has 3 heterocycles. The fourth-order valence-corrected chi connectivity index (χ4v) is 5.86. The van der Waals surface area contributed by atoms with Gasteiger partial charge < -0.3 is 13.8 Å². The van der Waals surface area contributed by atoms with E-state index in [2.05, 4.69) is 26.0 Å². The van der Waals surface area contributed by atoms with Crippen LogP contribution in [0.1, 0.15) is 19.3 Å². The van der Waals surface area contributed by atoms with Gasteiger partial charge in [-0.2, -0.15) is 13.2 Å². The van der Waals surface area contributed by atoms with Crippen molar-refractivity contribution in [2.75, 3.05) is 45.3 Å². The Labute approximate surface area is 193 Å². The first-order valence-corrected chi connectivity index (χ1v) is 14.3. The maximum absolute atomic E-state index is 12.7. The average molecular weight is 524 g/mol. The Morgan fingerprint density at radius 1 is 1.03 bits per heavy atom. The van der Waals surface area contributed by atoms with Crippen molar-refractivity contribution >= 4 is 20.8 Å². The minimum Gasteiger partial charge on any atom is -0.598 e. The van der Waals surface area contributed by atoms with E-state index in [-0.39, 0.29) is 12.1 Å². The molecule has 0 radical (unpaired) electrons. The third kappa shape index (κ3) is 9.01. The first-order valence-electron chi connectivity index (χ1n) is 10.6. The maximum atomic E-state index is 12.7. The molecule has 3 aliphatic rings. The van der Waals surface area contributed by atoms with Crippen LogP contribution in [0.3, 0.4) is 0 Å². The number of sulfonamides is 2. The zero-order valence-electron chi connectivity index (χ0n) is 18.4. The monoisotopic (exact) mass is 523 g/mol. The molecule has 0 aliphatic carbocycles. The number of alkyl halides is 3. The van der Waals surface area contributed by atoms with E-state index in [1.807, 2.05) is 4.90 Å². The van der Waals surface area contributed by atoms with Gasteiger partial charge in [0.2, 0.25) is 0 Å². The van der Waals surface area contributed by atoms with E-state index in [0.717, 1.165) is 12.5 Å². The summed E-state index contributed by atoms with van der Waals surface area (Å²) < 4.78 is 93.4. The van der Waals surface area contributed by atoms with Gasteiger partial charge in [0.15, 0.2) is 6.35 Å². The molecule has 3 rings (SSSR count). The normalized spacial score (nSPS) is 34.8. The van der Waals surface area contributed by atoms with Crippen molar-refractivity contribution in [1.29, 1.82) is 0 Å². The SMILES string of the molecule is C[S+](=O)([O-])NC1CCN(C2NC(NC3CCN([S+](C)(=O)[O-])CC3)NC(OCC(F)(F)F)N2)C1. The van der Waals surface area contributed by atoms with Crippen LogP contribution in [0.2, 0.25) is 0 Å². The van der Waals surface area contributed by atoms with Crippen molar-refractivity contribution in [2.24, 2.45) is 0 Å². The molecule has 6 atom stereocenters. The number of nitrogens with one attached hydrogen (secondary N) is 5. The van der Waals surface area contributed by atoms with Crippen molar-refractivity contribution in [3.63, 3.8) is 0 Å². The van der Waals surface area contributed by atoms with Crippen LogP contribution in [0.4, 0.5) is 13.2 Å². The van der Waals surface area contributed by atoms with Gasteiger partial charge in [-0.25, -0.2) is 0 Å². The molecule has 17 heteroatoms. The van der Waals surface area contributed by atoms with E-state index in [0.29, 0.717) is 45.4 Å². The number of hydrogen-bond acceptors (Lipinski definition) is 10. The number of nitrogens with zero attached hydrogens (tertiary/aromatic N) is 2. The molecule has 3 aliphatic heterocycles. The summed E-state index contributed by atoms with van der Waals surface area (Å²) in [5.74, 6) is 0. The molecule has 5 N–H and O–H groups in total. The predicted molar refractivity (Wildman–Crippen MR) is 113 cm³/mol. The van der Waals surface area contributed by atoms with Gasteiger partial charge in [-0.1, -0.05) is 8.42 Å². The van der Waals surface area contributed by atoms with Gasteiger partial charge in [0.25, 0.3) is 0 Å². The van der Waals surface area contributed by atoms with Crippen molar-refractivity contribution in [1.82, 2.24) is 35.2 Å². The Morgan fingerprint density at radius 3 is 2.24 bits per heavy atom. The lowest BCUT2D eigenvalue weighted by molar-refractivity contribution is -0.201. The maximum Gasteiger partial charge on any atom is 0.411 e. The van der Waals surface area contributed by atoms with Gasteiger partial charge in [0.05, 0.1) is 6.04 Å². The summed E-state index contributed by atoms with van der Waals surface area (Å²) in [7, 11) is -6.65. The highest BCUT2D eigenvalue weighted by Gasteiger charge is 2.39. The summed E-state index contributed by atoms with van der Waals surface area (Å²) in [5.41, 5.74) is 0. The zero-order chi connectivity index (χ0) is 24.4. The molecule has 0 amide bonds. The lowest BCUT2D eigenvalue weighted by atomic mass is 10.1. The number of halogens is 3. The molecule has 12 nitrogen and oxygen atoms in total. The molecule has 0 aromatic rings. The summed E-state index contributed by atoms with van der Waals surface area (Å²) in [4.78, 5) is 1.88. The number of piperidine rings is 1. The molecule has 194 valence electrons. The van der Waals surface area contributed by atoms with Gasteiger partial charge in [-0.3, -0.25) is 26.2 Å². The second-order valence-corrected chi connectivity index (χ2v) is 12.4. The second kappa shape index (κ2) is 10.8. The molecular formula is C16H32F3N7O5S2. The van der Waals surface area contributed by atoms with Crippen molar-refractivity contribution in [3.8, 4) is 0 Å². The first kappa shape index (κ1) is 27.3. The minimum atomic E-state index is -4.50. The summed E-state index contributed by atoms with van der Waals surface area (Å²) in [6.45, 7) is 0.141. The quantitative estimate of drug-likeness (QED) is 0.232. The Hall–Kier alpha value is -0.310. The lowest BCUT2D eigenvalue weighted by Gasteiger charge is -2.44. The minimum absolute atomic E-state index is 0.0618. The highest BCUT2D eigenvalue weighted by Crippen LogP contribution is 2.19. The van der Waals surface area contributed by atoms with Crippen LogP contribution in [0, 0.1) is 0 Å². The Morgan fingerprint density at radius 2 is 1.67 bits per heavy atom. The van der Waals surface area contributed by atoms with Crippen molar-refractivity contribution in [2.45, 2.75) is 56.5 Å². The topological polar surface area (TPSA) is 156 Å². The van der Waals surface area contributed by atoms with E-state index < -0.39 is 52.5 Å². The van der Waals surface area contributed by atoms with Crippen LogP contribution in [0.25, 0.3) is 0 Å². The zero-order valence-corrected chi connectivity index (χ0v) is 20.1. The molecule has 33 heavy (non-hydrogen) atoms. The van der Waals surface area contributed by atoms with E-state index in [1.165, 1.54) is 4.31 Å². The molecule has 0 bridgehead atoms. The molecule has 3 fully saturated rings. The summed E-state index contributed by atoms with van der Waals surface area (Å²) in [5, 5.41) is 12.3. The van der Waals surface area contributed by atoms with Crippen LogP contribution in [0.5, 0.6) is 0 Å².